The van der Waals surface area contributed by atoms with Gasteiger partial charge in [-0.05, 0) is 74.7 Å². The molecule has 27 heavy (non-hydrogen) atoms. The van der Waals surface area contributed by atoms with Crippen LogP contribution in [0.5, 0.6) is 5.75 Å². The Morgan fingerprint density at radius 3 is 2.59 bits per heavy atom. The van der Waals surface area contributed by atoms with E-state index >= 15 is 0 Å². The topological polar surface area (TPSA) is 76.7 Å². The number of amides is 2. The molecule has 1 aromatic heterocycles. The second kappa shape index (κ2) is 6.88. The first kappa shape index (κ1) is 19.2. The van der Waals surface area contributed by atoms with Crippen LogP contribution >= 0.6 is 11.3 Å². The summed E-state index contributed by atoms with van der Waals surface area (Å²) in [6.07, 6.45) is -1.05. The highest BCUT2D eigenvalue weighted by atomic mass is 32.1. The number of hydrogen-bond acceptors (Lipinski definition) is 5. The van der Waals surface area contributed by atoms with Crippen molar-refractivity contribution in [3.8, 4) is 5.75 Å². The van der Waals surface area contributed by atoms with Crippen LogP contribution in [0.2, 0.25) is 0 Å². The highest BCUT2D eigenvalue weighted by Crippen LogP contribution is 2.37. The van der Waals surface area contributed by atoms with Crippen LogP contribution in [0.15, 0.2) is 35.0 Å². The number of carbonyl (C=O) groups is 2. The summed E-state index contributed by atoms with van der Waals surface area (Å²) >= 11 is 1.54. The molecule has 1 aliphatic heterocycles. The lowest BCUT2D eigenvalue weighted by atomic mass is 9.86. The number of ether oxygens (including phenoxy) is 2. The molecule has 2 amide bonds. The van der Waals surface area contributed by atoms with Crippen molar-refractivity contribution in [2.45, 2.75) is 51.9 Å². The minimum Gasteiger partial charge on any atom is -0.479 e. The number of rotatable bonds is 3. The number of anilines is 1. The van der Waals surface area contributed by atoms with Crippen molar-refractivity contribution in [3.05, 3.63) is 46.2 Å². The Hall–Kier alpha value is -2.54. The van der Waals surface area contributed by atoms with E-state index in [1.165, 1.54) is 0 Å². The van der Waals surface area contributed by atoms with Gasteiger partial charge in [0, 0.05) is 0 Å². The summed E-state index contributed by atoms with van der Waals surface area (Å²) in [7, 11) is 0. The van der Waals surface area contributed by atoms with Crippen molar-refractivity contribution in [1.82, 2.24) is 5.32 Å². The Morgan fingerprint density at radius 2 is 1.96 bits per heavy atom. The Kier molecular flexibility index (Phi) is 4.90. The fourth-order valence-corrected chi connectivity index (χ4v) is 3.65. The number of carbonyl (C=O) groups excluding carboxylic acids is 2. The molecule has 0 fully saturated rings. The lowest BCUT2D eigenvalue weighted by Gasteiger charge is -2.33. The Morgan fingerprint density at radius 1 is 1.22 bits per heavy atom. The van der Waals surface area contributed by atoms with Gasteiger partial charge in [0.15, 0.2) is 6.10 Å². The predicted octanol–water partition coefficient (Wildman–Crippen LogP) is 4.26. The van der Waals surface area contributed by atoms with E-state index in [0.29, 0.717) is 11.4 Å². The zero-order chi connectivity index (χ0) is 19.8. The average molecular weight is 388 g/mol. The van der Waals surface area contributed by atoms with E-state index in [1.54, 1.807) is 18.3 Å². The number of benzene rings is 1. The molecule has 2 aromatic rings. The van der Waals surface area contributed by atoms with Crippen molar-refractivity contribution in [3.63, 3.8) is 0 Å². The fourth-order valence-electron chi connectivity index (χ4n) is 2.89. The van der Waals surface area contributed by atoms with Crippen molar-refractivity contribution in [2.75, 3.05) is 5.32 Å². The summed E-state index contributed by atoms with van der Waals surface area (Å²) in [5, 5.41) is 9.77. The summed E-state index contributed by atoms with van der Waals surface area (Å²) in [4.78, 5) is 24.5. The van der Waals surface area contributed by atoms with Crippen LogP contribution in [-0.4, -0.2) is 23.7 Å². The van der Waals surface area contributed by atoms with Crippen molar-refractivity contribution >= 4 is 29.0 Å². The molecule has 0 bridgehead atoms. The number of fused-ring (bicyclic) bond motifs is 1. The van der Waals surface area contributed by atoms with Gasteiger partial charge in [-0.25, -0.2) is 4.79 Å². The second-order valence-corrected chi connectivity index (χ2v) is 8.50. The molecular formula is C20H24N2O4S. The van der Waals surface area contributed by atoms with Crippen molar-refractivity contribution < 1.29 is 19.1 Å². The molecule has 7 heteroatoms. The zero-order valence-corrected chi connectivity index (χ0v) is 16.9. The second-order valence-electron chi connectivity index (χ2n) is 7.72. The molecule has 0 radical (unpaired) electrons. The van der Waals surface area contributed by atoms with Gasteiger partial charge in [-0.2, -0.15) is 11.3 Å². The van der Waals surface area contributed by atoms with E-state index in [9.17, 15) is 9.59 Å². The maximum Gasteiger partial charge on any atom is 0.408 e. The lowest BCUT2D eigenvalue weighted by molar-refractivity contribution is -0.122. The van der Waals surface area contributed by atoms with E-state index in [0.717, 1.165) is 11.1 Å². The summed E-state index contributed by atoms with van der Waals surface area (Å²) in [5.41, 5.74) is 0.889. The van der Waals surface area contributed by atoms with E-state index < -0.39 is 23.3 Å². The molecule has 1 aromatic carbocycles. The monoisotopic (exact) mass is 388 g/mol. The van der Waals surface area contributed by atoms with E-state index in [4.69, 9.17) is 9.47 Å². The van der Waals surface area contributed by atoms with Gasteiger partial charge in [0.05, 0.1) is 11.2 Å². The van der Waals surface area contributed by atoms with Crippen LogP contribution in [0.1, 0.15) is 45.7 Å². The molecule has 0 spiro atoms. The Balaban J connectivity index is 1.98. The van der Waals surface area contributed by atoms with Gasteiger partial charge >= 0.3 is 6.09 Å². The van der Waals surface area contributed by atoms with Gasteiger partial charge in [0.25, 0.3) is 5.91 Å². The molecule has 3 rings (SSSR count). The lowest BCUT2D eigenvalue weighted by Crippen LogP contribution is -2.46. The molecule has 0 saturated carbocycles. The quantitative estimate of drug-likeness (QED) is 0.824. The molecule has 0 aliphatic carbocycles. The molecule has 0 saturated heterocycles. The highest BCUT2D eigenvalue weighted by Gasteiger charge is 2.35. The molecule has 2 heterocycles. The molecule has 2 unspecified atom stereocenters. The van der Waals surface area contributed by atoms with Gasteiger partial charge < -0.3 is 20.1 Å². The third kappa shape index (κ3) is 4.08. The summed E-state index contributed by atoms with van der Waals surface area (Å²) in [6, 6.07) is 7.48. The minimum atomic E-state index is -0.828. The van der Waals surface area contributed by atoms with Gasteiger partial charge in [-0.3, -0.25) is 4.79 Å². The van der Waals surface area contributed by atoms with E-state index in [2.05, 4.69) is 10.6 Å². The van der Waals surface area contributed by atoms with Crippen LogP contribution in [0, 0.1) is 0 Å². The maximum absolute atomic E-state index is 12.5. The van der Waals surface area contributed by atoms with Gasteiger partial charge in [-0.15, -0.1) is 0 Å². The smallest absolute Gasteiger partial charge is 0.408 e. The molecule has 2 N–H and O–H groups in total. The molecule has 144 valence electrons. The first-order valence-electron chi connectivity index (χ1n) is 8.74. The molecule has 6 nitrogen and oxygen atoms in total. The summed E-state index contributed by atoms with van der Waals surface area (Å²) in [5.74, 6) is 0.410. The first-order valence-corrected chi connectivity index (χ1v) is 9.69. The molecular weight excluding hydrogens is 364 g/mol. The first-order chi connectivity index (χ1) is 12.6. The van der Waals surface area contributed by atoms with Gasteiger partial charge in [-0.1, -0.05) is 6.07 Å². The number of alkyl carbamates (subject to hydrolysis) is 1. The SMILES string of the molecule is CC1Oc2ccc(C(C)(NC(=O)OC(C)(C)C)c3ccsc3)cc2NC1=O. The minimum absolute atomic E-state index is 0.197. The molecule has 1 aliphatic rings. The van der Waals surface area contributed by atoms with Crippen molar-refractivity contribution in [2.24, 2.45) is 0 Å². The Bertz CT molecular complexity index is 857. The Labute approximate surface area is 162 Å². The third-order valence-corrected chi connectivity index (χ3v) is 5.02. The zero-order valence-electron chi connectivity index (χ0n) is 16.1. The molecule has 2 atom stereocenters. The number of hydrogen-bond donors (Lipinski definition) is 2. The third-order valence-electron chi connectivity index (χ3n) is 4.34. The standard InChI is InChI=1S/C20H24N2O4S/c1-12-17(23)21-15-10-13(6-7-16(15)25-12)20(5,14-8-9-27-11-14)22-18(24)26-19(2,3)4/h6-12H,1-5H3,(H,21,23)(H,22,24). The van der Waals surface area contributed by atoms with Crippen LogP contribution < -0.4 is 15.4 Å². The van der Waals surface area contributed by atoms with Crippen LogP contribution in [0.3, 0.4) is 0 Å². The largest absolute Gasteiger partial charge is 0.479 e. The van der Waals surface area contributed by atoms with Crippen molar-refractivity contribution in [1.29, 1.82) is 0 Å². The van der Waals surface area contributed by atoms with E-state index in [1.807, 2.05) is 62.7 Å². The fraction of sp³-hybridized carbons (Fsp3) is 0.400. The normalized spacial score (nSPS) is 18.6. The predicted molar refractivity (Wildman–Crippen MR) is 105 cm³/mol. The van der Waals surface area contributed by atoms with Crippen LogP contribution in [-0.2, 0) is 15.1 Å². The van der Waals surface area contributed by atoms with Crippen LogP contribution in [0.4, 0.5) is 10.5 Å². The number of thiophene rings is 1. The maximum atomic E-state index is 12.5. The average Bonchev–Trinajstić information content (AvgIpc) is 3.08. The number of nitrogens with one attached hydrogen (secondary N) is 2. The highest BCUT2D eigenvalue weighted by molar-refractivity contribution is 7.08. The summed E-state index contributed by atoms with van der Waals surface area (Å²) in [6.45, 7) is 9.07. The summed E-state index contributed by atoms with van der Waals surface area (Å²) < 4.78 is 11.1. The van der Waals surface area contributed by atoms with Gasteiger partial charge in [0.1, 0.15) is 11.4 Å². The van der Waals surface area contributed by atoms with E-state index in [-0.39, 0.29) is 5.91 Å². The van der Waals surface area contributed by atoms with Gasteiger partial charge in [0.2, 0.25) is 0 Å². The van der Waals surface area contributed by atoms with Crippen LogP contribution in [0.25, 0.3) is 0 Å².